The highest BCUT2D eigenvalue weighted by Gasteiger charge is 2.76. The van der Waals surface area contributed by atoms with Crippen LogP contribution in [0.1, 0.15) is 0 Å². The molecule has 0 aromatic carbocycles. The Labute approximate surface area is 93.6 Å². The number of carbonyl (C=O) groups excluding carboxylic acids is 1. The molecular weight excluding hydrogens is 281 g/mol. The molecule has 0 fully saturated rings. The predicted octanol–water partition coefficient (Wildman–Crippen LogP) is 1.96. The first-order valence-corrected chi connectivity index (χ1v) is 3.72. The van der Waals surface area contributed by atoms with Crippen molar-refractivity contribution in [2.75, 3.05) is 0 Å². The van der Waals surface area contributed by atoms with Gasteiger partial charge in [0.2, 0.25) is 0 Å². The Kier molecular flexibility index (Phi) is 4.01. The summed E-state index contributed by atoms with van der Waals surface area (Å²) < 4.78 is 86.5. The lowest BCUT2D eigenvalue weighted by molar-refractivity contribution is -0.411. The number of alkyl halides is 7. The van der Waals surface area contributed by atoms with Crippen LogP contribution in [0.5, 0.6) is 0 Å². The van der Waals surface area contributed by atoms with Crippen LogP contribution in [-0.4, -0.2) is 35.3 Å². The molecule has 4 nitrogen and oxygen atoms in total. The van der Waals surface area contributed by atoms with Gasteiger partial charge in [-0.05, 0) is 0 Å². The van der Waals surface area contributed by atoms with Crippen LogP contribution in [0.3, 0.4) is 0 Å². The van der Waals surface area contributed by atoms with Gasteiger partial charge in [-0.1, -0.05) is 6.58 Å². The Morgan fingerprint density at radius 2 is 1.39 bits per heavy atom. The van der Waals surface area contributed by atoms with E-state index in [4.69, 9.17) is 5.11 Å². The monoisotopic (exact) mass is 284 g/mol. The van der Waals surface area contributed by atoms with Gasteiger partial charge in [-0.3, -0.25) is 0 Å². The first-order chi connectivity index (χ1) is 7.74. The Bertz CT molecular complexity index is 384. The number of carbonyl (C=O) groups is 2. The summed E-state index contributed by atoms with van der Waals surface area (Å²) in [6.45, 7) is 2.35. The summed E-state index contributed by atoms with van der Waals surface area (Å²) in [5, 5.41) is 8.06. The molecule has 0 unspecified atom stereocenters. The second kappa shape index (κ2) is 4.46. The summed E-state index contributed by atoms with van der Waals surface area (Å²) in [5.74, 6) is -11.5. The quantitative estimate of drug-likeness (QED) is 0.282. The molecule has 18 heavy (non-hydrogen) atoms. The molecule has 0 aliphatic carbocycles. The van der Waals surface area contributed by atoms with E-state index in [1.807, 2.05) is 0 Å². The number of carboxylic acid groups (broad SMARTS) is 1. The third-order valence-electron chi connectivity index (χ3n) is 1.45. The van der Waals surface area contributed by atoms with Crippen LogP contribution < -0.4 is 0 Å². The van der Waals surface area contributed by atoms with Crippen LogP contribution in [0.25, 0.3) is 0 Å². The zero-order chi connectivity index (χ0) is 14.9. The van der Waals surface area contributed by atoms with Gasteiger partial charge in [0.25, 0.3) is 0 Å². The normalized spacial score (nSPS) is 13.1. The predicted molar refractivity (Wildman–Crippen MR) is 38.8 cm³/mol. The van der Waals surface area contributed by atoms with Gasteiger partial charge in [0.05, 0.1) is 0 Å². The van der Waals surface area contributed by atoms with Gasteiger partial charge in [0.15, 0.2) is 0 Å². The highest BCUT2D eigenvalue weighted by Crippen LogP contribution is 2.47. The Balaban J connectivity index is 5.15. The Morgan fingerprint density at radius 3 is 1.67 bits per heavy atom. The lowest BCUT2D eigenvalue weighted by Crippen LogP contribution is -2.54. The zero-order valence-electron chi connectivity index (χ0n) is 8.02. The highest BCUT2D eigenvalue weighted by molar-refractivity contribution is 6.12. The Morgan fingerprint density at radius 1 is 1.00 bits per heavy atom. The van der Waals surface area contributed by atoms with Crippen LogP contribution in [0.2, 0.25) is 0 Å². The molecule has 0 amide bonds. The summed E-state index contributed by atoms with van der Waals surface area (Å²) in [4.78, 5) is 20.5. The molecule has 0 aromatic rings. The molecule has 1 N–H and O–H groups in total. The number of ether oxygens (including phenoxy) is 1. The van der Waals surface area contributed by atoms with E-state index in [9.17, 15) is 40.3 Å². The van der Waals surface area contributed by atoms with Gasteiger partial charge in [0.1, 0.15) is 5.57 Å². The van der Waals surface area contributed by atoms with E-state index >= 15 is 0 Å². The minimum Gasteiger partial charge on any atom is -0.477 e. The van der Waals surface area contributed by atoms with Crippen LogP contribution in [0.15, 0.2) is 12.2 Å². The molecule has 0 heterocycles. The summed E-state index contributed by atoms with van der Waals surface area (Å²) in [5.41, 5.74) is -1.73. The van der Waals surface area contributed by atoms with Crippen LogP contribution in [0.4, 0.5) is 30.7 Å². The van der Waals surface area contributed by atoms with Crippen molar-refractivity contribution in [3.05, 3.63) is 12.2 Å². The molecule has 0 radical (unpaired) electrons. The average Bonchev–Trinajstić information content (AvgIpc) is 2.13. The molecule has 0 rings (SSSR count). The summed E-state index contributed by atoms with van der Waals surface area (Å²) in [6, 6.07) is 0. The van der Waals surface area contributed by atoms with Crippen LogP contribution in [0, 0.1) is 0 Å². The second-order valence-corrected chi connectivity index (χ2v) is 2.76. The summed E-state index contributed by atoms with van der Waals surface area (Å²) in [6.07, 6.45) is -13.0. The highest BCUT2D eigenvalue weighted by atomic mass is 19.4. The summed E-state index contributed by atoms with van der Waals surface area (Å²) >= 11 is 0. The maximum absolute atomic E-state index is 12.4. The van der Waals surface area contributed by atoms with Crippen molar-refractivity contribution in [1.29, 1.82) is 0 Å². The van der Waals surface area contributed by atoms with Crippen LogP contribution >= 0.6 is 0 Å². The number of esters is 1. The first kappa shape index (κ1) is 16.2. The molecule has 0 bridgehead atoms. The number of halogens is 7. The van der Waals surface area contributed by atoms with Crippen molar-refractivity contribution in [1.82, 2.24) is 0 Å². The van der Waals surface area contributed by atoms with Crippen molar-refractivity contribution in [3.8, 4) is 0 Å². The number of carboxylic acids is 1. The van der Waals surface area contributed by atoms with E-state index < -0.39 is 35.7 Å². The van der Waals surface area contributed by atoms with Crippen molar-refractivity contribution in [2.24, 2.45) is 0 Å². The van der Waals surface area contributed by atoms with E-state index in [1.165, 1.54) is 0 Å². The third kappa shape index (κ3) is 2.90. The molecule has 0 aromatic heterocycles. The molecule has 0 saturated heterocycles. The molecule has 0 saturated carbocycles. The van der Waals surface area contributed by atoms with Crippen molar-refractivity contribution in [2.45, 2.75) is 18.2 Å². The molecule has 0 spiro atoms. The number of hydrogen-bond donors (Lipinski definition) is 1. The number of rotatable bonds is 4. The van der Waals surface area contributed by atoms with Gasteiger partial charge < -0.3 is 9.84 Å². The fraction of sp³-hybridized carbons (Fsp3) is 0.429. The molecule has 0 aliphatic rings. The van der Waals surface area contributed by atoms with Gasteiger partial charge in [-0.15, -0.1) is 0 Å². The standard InChI is InChI=1S/C7H3F7O4/c1-2(3(15)16)4(17)18-7(13,14)5(8,9)6(10,11)12/h1H2,(H,15,16). The molecule has 0 atom stereocenters. The lowest BCUT2D eigenvalue weighted by Gasteiger charge is -2.26. The molecule has 11 heteroatoms. The number of hydrogen-bond acceptors (Lipinski definition) is 3. The average molecular weight is 284 g/mol. The largest absolute Gasteiger partial charge is 0.477 e. The van der Waals surface area contributed by atoms with Gasteiger partial charge >= 0.3 is 30.1 Å². The van der Waals surface area contributed by atoms with Gasteiger partial charge in [-0.25, -0.2) is 9.59 Å². The van der Waals surface area contributed by atoms with Crippen LogP contribution in [-0.2, 0) is 14.3 Å². The van der Waals surface area contributed by atoms with Crippen molar-refractivity contribution < 1.29 is 50.2 Å². The first-order valence-electron chi connectivity index (χ1n) is 3.72. The van der Waals surface area contributed by atoms with Gasteiger partial charge in [0, 0.05) is 0 Å². The molecule has 104 valence electrons. The molecule has 0 aliphatic heterocycles. The zero-order valence-corrected chi connectivity index (χ0v) is 8.02. The van der Waals surface area contributed by atoms with Crippen molar-refractivity contribution >= 4 is 11.9 Å². The maximum atomic E-state index is 12.4. The fourth-order valence-electron chi connectivity index (χ4n) is 0.494. The third-order valence-corrected chi connectivity index (χ3v) is 1.45. The smallest absolute Gasteiger partial charge is 0.476 e. The van der Waals surface area contributed by atoms with Crippen molar-refractivity contribution in [3.63, 3.8) is 0 Å². The van der Waals surface area contributed by atoms with Gasteiger partial charge in [-0.2, -0.15) is 30.7 Å². The minimum absolute atomic E-state index is 1.73. The van der Waals surface area contributed by atoms with E-state index in [2.05, 4.69) is 11.3 Å². The van der Waals surface area contributed by atoms with E-state index in [1.54, 1.807) is 0 Å². The Hall–Kier alpha value is -1.81. The topological polar surface area (TPSA) is 63.6 Å². The number of aliphatic carboxylic acids is 1. The fourth-order valence-corrected chi connectivity index (χ4v) is 0.494. The maximum Gasteiger partial charge on any atom is 0.476 e. The lowest BCUT2D eigenvalue weighted by atomic mass is 10.3. The summed E-state index contributed by atoms with van der Waals surface area (Å²) in [7, 11) is 0. The van der Waals surface area contributed by atoms with E-state index in [0.29, 0.717) is 0 Å². The SMILES string of the molecule is C=C(C(=O)O)C(=O)OC(F)(F)C(F)(F)C(F)(F)F. The molecular formula is C7H3F7O4. The second-order valence-electron chi connectivity index (χ2n) is 2.76. The van der Waals surface area contributed by atoms with E-state index in [0.717, 1.165) is 0 Å². The minimum atomic E-state index is -6.69. The van der Waals surface area contributed by atoms with E-state index in [-0.39, 0.29) is 0 Å².